The lowest BCUT2D eigenvalue weighted by Gasteiger charge is -2.12. The van der Waals surface area contributed by atoms with Gasteiger partial charge >= 0.3 is 0 Å². The monoisotopic (exact) mass is 286 g/mol. The van der Waals surface area contributed by atoms with Crippen molar-refractivity contribution in [2.24, 2.45) is 0 Å². The van der Waals surface area contributed by atoms with Crippen molar-refractivity contribution in [2.45, 2.75) is 32.6 Å². The number of halogens is 1. The largest absolute Gasteiger partial charge is 0.287 e. The summed E-state index contributed by atoms with van der Waals surface area (Å²) >= 11 is 1.79. The van der Waals surface area contributed by atoms with Gasteiger partial charge in [0.15, 0.2) is 4.96 Å². The predicted molar refractivity (Wildman–Crippen MR) is 79.8 cm³/mol. The van der Waals surface area contributed by atoms with E-state index in [0.717, 1.165) is 34.8 Å². The number of hydrogen-bond donors (Lipinski definition) is 0. The third kappa shape index (κ3) is 1.71. The van der Waals surface area contributed by atoms with Crippen LogP contribution in [0.3, 0.4) is 0 Å². The summed E-state index contributed by atoms with van der Waals surface area (Å²) in [5, 5.41) is 0. The van der Waals surface area contributed by atoms with E-state index in [4.69, 9.17) is 0 Å². The molecule has 1 aliphatic rings. The molecule has 0 bridgehead atoms. The van der Waals surface area contributed by atoms with Crippen molar-refractivity contribution in [2.75, 3.05) is 0 Å². The van der Waals surface area contributed by atoms with Crippen LogP contribution in [0.1, 0.15) is 29.1 Å². The molecule has 0 saturated carbocycles. The molecule has 20 heavy (non-hydrogen) atoms. The van der Waals surface area contributed by atoms with Crippen molar-refractivity contribution in [3.8, 4) is 11.3 Å². The lowest BCUT2D eigenvalue weighted by molar-refractivity contribution is 0.628. The van der Waals surface area contributed by atoms with Crippen LogP contribution < -0.4 is 0 Å². The maximum Gasteiger partial charge on any atom is 0.194 e. The third-order valence-corrected chi connectivity index (χ3v) is 5.14. The highest BCUT2D eigenvalue weighted by atomic mass is 32.1. The molecule has 0 N–H and O–H groups in total. The van der Waals surface area contributed by atoms with Gasteiger partial charge in [0.25, 0.3) is 0 Å². The molecule has 0 unspecified atom stereocenters. The molecule has 4 heteroatoms. The Bertz CT molecular complexity index is 800. The standard InChI is InChI=1S/C16H15FN2S/c1-10-15(11-5-4-6-12(17)9-11)19-13-7-2-3-8-14(13)20-16(19)18-10/h4-6,9H,2-3,7-8H2,1H3. The quantitative estimate of drug-likeness (QED) is 0.648. The first-order valence-electron chi connectivity index (χ1n) is 6.99. The highest BCUT2D eigenvalue weighted by Crippen LogP contribution is 2.35. The maximum atomic E-state index is 13.5. The smallest absolute Gasteiger partial charge is 0.194 e. The van der Waals surface area contributed by atoms with E-state index in [2.05, 4.69) is 9.38 Å². The Labute approximate surface area is 120 Å². The Morgan fingerprint density at radius 1 is 1.25 bits per heavy atom. The van der Waals surface area contributed by atoms with E-state index < -0.39 is 0 Å². The average Bonchev–Trinajstić information content (AvgIpc) is 2.93. The molecular formula is C16H15FN2S. The summed E-state index contributed by atoms with van der Waals surface area (Å²) in [5.74, 6) is -0.194. The Balaban J connectivity index is 2.03. The number of aryl methyl sites for hydroxylation is 3. The molecule has 0 saturated heterocycles. The summed E-state index contributed by atoms with van der Waals surface area (Å²) in [5.41, 5.74) is 4.34. The molecule has 2 nitrogen and oxygen atoms in total. The van der Waals surface area contributed by atoms with E-state index in [1.807, 2.05) is 13.0 Å². The van der Waals surface area contributed by atoms with Crippen LogP contribution in [-0.4, -0.2) is 9.38 Å². The molecule has 0 atom stereocenters. The molecular weight excluding hydrogens is 271 g/mol. The zero-order valence-electron chi connectivity index (χ0n) is 11.3. The van der Waals surface area contributed by atoms with Gasteiger partial charge in [0, 0.05) is 16.1 Å². The second-order valence-electron chi connectivity index (χ2n) is 5.35. The van der Waals surface area contributed by atoms with Gasteiger partial charge in [-0.3, -0.25) is 4.40 Å². The van der Waals surface area contributed by atoms with Gasteiger partial charge in [0.1, 0.15) is 5.82 Å². The van der Waals surface area contributed by atoms with Gasteiger partial charge in [-0.2, -0.15) is 0 Å². The molecule has 1 aromatic carbocycles. The molecule has 2 aromatic heterocycles. The van der Waals surface area contributed by atoms with Crippen molar-refractivity contribution in [1.29, 1.82) is 0 Å². The van der Waals surface area contributed by atoms with Gasteiger partial charge in [-0.15, -0.1) is 11.3 Å². The summed E-state index contributed by atoms with van der Waals surface area (Å²) < 4.78 is 15.8. The minimum absolute atomic E-state index is 0.194. The molecule has 3 aromatic rings. The lowest BCUT2D eigenvalue weighted by Crippen LogP contribution is -2.03. The van der Waals surface area contributed by atoms with E-state index >= 15 is 0 Å². The predicted octanol–water partition coefficient (Wildman–Crippen LogP) is 4.39. The first-order chi connectivity index (χ1) is 9.74. The molecule has 102 valence electrons. The minimum atomic E-state index is -0.194. The molecule has 4 rings (SSSR count). The van der Waals surface area contributed by atoms with Gasteiger partial charge in [-0.05, 0) is 44.7 Å². The number of thiazole rings is 1. The fourth-order valence-electron chi connectivity index (χ4n) is 3.11. The first kappa shape index (κ1) is 12.1. The fourth-order valence-corrected chi connectivity index (χ4v) is 4.37. The van der Waals surface area contributed by atoms with Crippen LogP contribution in [0.4, 0.5) is 4.39 Å². The van der Waals surface area contributed by atoms with E-state index in [1.54, 1.807) is 23.5 Å². The molecule has 0 radical (unpaired) electrons. The lowest BCUT2D eigenvalue weighted by atomic mass is 10.0. The van der Waals surface area contributed by atoms with Crippen LogP contribution in [0.15, 0.2) is 24.3 Å². The highest BCUT2D eigenvalue weighted by molar-refractivity contribution is 7.17. The van der Waals surface area contributed by atoms with E-state index in [9.17, 15) is 4.39 Å². The second-order valence-corrected chi connectivity index (χ2v) is 6.42. The van der Waals surface area contributed by atoms with E-state index in [0.29, 0.717) is 0 Å². The molecule has 0 spiro atoms. The molecule has 1 aliphatic carbocycles. The summed E-state index contributed by atoms with van der Waals surface area (Å²) in [4.78, 5) is 7.19. The van der Waals surface area contributed by atoms with Crippen LogP contribution in [0.2, 0.25) is 0 Å². The van der Waals surface area contributed by atoms with Crippen molar-refractivity contribution in [1.82, 2.24) is 9.38 Å². The number of aromatic nitrogens is 2. The van der Waals surface area contributed by atoms with Crippen LogP contribution >= 0.6 is 11.3 Å². The molecule has 0 fully saturated rings. The third-order valence-electron chi connectivity index (χ3n) is 3.99. The Morgan fingerprint density at radius 3 is 2.95 bits per heavy atom. The van der Waals surface area contributed by atoms with Crippen molar-refractivity contribution < 1.29 is 4.39 Å². The Hall–Kier alpha value is -1.68. The van der Waals surface area contributed by atoms with Gasteiger partial charge < -0.3 is 0 Å². The average molecular weight is 286 g/mol. The molecule has 0 aliphatic heterocycles. The normalized spacial score (nSPS) is 14.7. The minimum Gasteiger partial charge on any atom is -0.287 e. The number of imidazole rings is 1. The van der Waals surface area contributed by atoms with Crippen LogP contribution in [0.5, 0.6) is 0 Å². The van der Waals surface area contributed by atoms with E-state index in [-0.39, 0.29) is 5.82 Å². The fraction of sp³-hybridized carbons (Fsp3) is 0.312. The number of rotatable bonds is 1. The van der Waals surface area contributed by atoms with Gasteiger partial charge in [0.05, 0.1) is 11.4 Å². The number of hydrogen-bond acceptors (Lipinski definition) is 2. The Morgan fingerprint density at radius 2 is 2.10 bits per heavy atom. The van der Waals surface area contributed by atoms with Gasteiger partial charge in [0.2, 0.25) is 0 Å². The van der Waals surface area contributed by atoms with Crippen LogP contribution in [0.25, 0.3) is 16.2 Å². The summed E-state index contributed by atoms with van der Waals surface area (Å²) in [6.07, 6.45) is 4.77. The highest BCUT2D eigenvalue weighted by Gasteiger charge is 2.21. The van der Waals surface area contributed by atoms with Crippen molar-refractivity contribution in [3.05, 3.63) is 46.3 Å². The van der Waals surface area contributed by atoms with Crippen molar-refractivity contribution in [3.63, 3.8) is 0 Å². The molecule has 2 heterocycles. The Kier molecular flexibility index (Phi) is 2.67. The molecule has 0 amide bonds. The second kappa shape index (κ2) is 4.42. The zero-order valence-corrected chi connectivity index (χ0v) is 12.1. The van der Waals surface area contributed by atoms with E-state index in [1.165, 1.54) is 29.5 Å². The first-order valence-corrected chi connectivity index (χ1v) is 7.81. The zero-order chi connectivity index (χ0) is 13.7. The van der Waals surface area contributed by atoms with Crippen LogP contribution in [-0.2, 0) is 12.8 Å². The van der Waals surface area contributed by atoms with Gasteiger partial charge in [-0.25, -0.2) is 9.37 Å². The summed E-state index contributed by atoms with van der Waals surface area (Å²) in [6.45, 7) is 2.01. The number of benzene rings is 1. The number of fused-ring (bicyclic) bond motifs is 3. The summed E-state index contributed by atoms with van der Waals surface area (Å²) in [6, 6.07) is 6.82. The SMILES string of the molecule is Cc1nc2sc3c(n2c1-c1cccc(F)c1)CCCC3. The summed E-state index contributed by atoms with van der Waals surface area (Å²) in [7, 11) is 0. The van der Waals surface area contributed by atoms with Gasteiger partial charge in [-0.1, -0.05) is 12.1 Å². The topological polar surface area (TPSA) is 17.3 Å². The number of nitrogens with zero attached hydrogens (tertiary/aromatic N) is 2. The van der Waals surface area contributed by atoms with Crippen LogP contribution in [0, 0.1) is 12.7 Å². The maximum absolute atomic E-state index is 13.5. The van der Waals surface area contributed by atoms with Crippen molar-refractivity contribution >= 4 is 16.3 Å².